The average Bonchev–Trinajstić information content (AvgIpc) is 3.32. The van der Waals surface area contributed by atoms with E-state index in [9.17, 15) is 14.7 Å². The molecule has 1 atom stereocenters. The molecule has 2 aromatic carbocycles. The van der Waals surface area contributed by atoms with E-state index >= 15 is 0 Å². The molecule has 4 rings (SSSR count). The number of hydrogen-bond acceptors (Lipinski definition) is 6. The van der Waals surface area contributed by atoms with E-state index in [1.165, 1.54) is 4.90 Å². The first-order valence-corrected chi connectivity index (χ1v) is 10.6. The fourth-order valence-corrected chi connectivity index (χ4v) is 3.91. The molecule has 32 heavy (non-hydrogen) atoms. The molecule has 0 bridgehead atoms. The van der Waals surface area contributed by atoms with Gasteiger partial charge in [-0.2, -0.15) is 0 Å². The number of aliphatic hydroxyl groups excluding tert-OH is 1. The molecular weight excluding hydrogens is 408 g/mol. The summed E-state index contributed by atoms with van der Waals surface area (Å²) in [4.78, 5) is 29.9. The number of ether oxygens (including phenoxy) is 1. The molecule has 1 aromatic heterocycles. The SMILES string of the molecule is CCOc1ccc([C@@H]2C(C(=O)c3cc4ccccc4o3)=C(O)C(=O)N2CCN(C)C)cc1. The fraction of sp³-hybridized carbons (Fsp3) is 0.280. The largest absolute Gasteiger partial charge is 0.503 e. The number of aliphatic hydroxyl groups is 1. The van der Waals surface area contributed by atoms with Crippen molar-refractivity contribution < 1.29 is 23.8 Å². The van der Waals surface area contributed by atoms with E-state index in [1.54, 1.807) is 24.3 Å². The number of benzene rings is 2. The second kappa shape index (κ2) is 8.88. The summed E-state index contributed by atoms with van der Waals surface area (Å²) in [5.41, 5.74) is 1.31. The summed E-state index contributed by atoms with van der Waals surface area (Å²) in [6, 6.07) is 15.4. The van der Waals surface area contributed by atoms with Gasteiger partial charge in [-0.05, 0) is 50.8 Å². The Bertz CT molecular complexity index is 1140. The lowest BCUT2D eigenvalue weighted by Crippen LogP contribution is -2.36. The van der Waals surface area contributed by atoms with Crippen molar-refractivity contribution in [3.8, 4) is 5.75 Å². The van der Waals surface area contributed by atoms with Crippen molar-refractivity contribution in [1.29, 1.82) is 0 Å². The molecule has 1 N–H and O–H groups in total. The molecule has 0 unspecified atom stereocenters. The van der Waals surface area contributed by atoms with Gasteiger partial charge in [-0.3, -0.25) is 9.59 Å². The number of rotatable bonds is 8. The van der Waals surface area contributed by atoms with Crippen molar-refractivity contribution in [2.45, 2.75) is 13.0 Å². The summed E-state index contributed by atoms with van der Waals surface area (Å²) in [5.74, 6) is -0.818. The maximum absolute atomic E-state index is 13.5. The van der Waals surface area contributed by atoms with Crippen molar-refractivity contribution in [3.05, 3.63) is 77.3 Å². The molecule has 0 spiro atoms. The third-order valence-electron chi connectivity index (χ3n) is 5.49. The number of Topliss-reactive ketones (excluding diaryl/α,β-unsaturated/α-hetero) is 1. The molecule has 1 aliphatic rings. The number of hydrogen-bond donors (Lipinski definition) is 1. The molecule has 1 amide bonds. The summed E-state index contributed by atoms with van der Waals surface area (Å²) in [5, 5.41) is 11.5. The Kier molecular flexibility index (Phi) is 6.01. The molecule has 2 heterocycles. The number of ketones is 1. The Morgan fingerprint density at radius 1 is 1.16 bits per heavy atom. The molecule has 166 valence electrons. The zero-order chi connectivity index (χ0) is 22.8. The Balaban J connectivity index is 1.76. The van der Waals surface area contributed by atoms with E-state index in [4.69, 9.17) is 9.15 Å². The molecule has 1 aliphatic heterocycles. The Morgan fingerprint density at radius 2 is 1.88 bits per heavy atom. The lowest BCUT2D eigenvalue weighted by Gasteiger charge is -2.28. The average molecular weight is 434 g/mol. The van der Waals surface area contributed by atoms with Gasteiger partial charge in [0.05, 0.1) is 18.2 Å². The second-order valence-electron chi connectivity index (χ2n) is 7.95. The van der Waals surface area contributed by atoms with Crippen molar-refractivity contribution in [2.24, 2.45) is 0 Å². The van der Waals surface area contributed by atoms with Crippen LogP contribution in [0.2, 0.25) is 0 Å². The van der Waals surface area contributed by atoms with Gasteiger partial charge < -0.3 is 24.1 Å². The van der Waals surface area contributed by atoms with Crippen LogP contribution in [0.25, 0.3) is 11.0 Å². The highest BCUT2D eigenvalue weighted by atomic mass is 16.5. The maximum Gasteiger partial charge on any atom is 0.290 e. The normalized spacial score (nSPS) is 16.4. The van der Waals surface area contributed by atoms with Crippen LogP contribution in [-0.2, 0) is 4.79 Å². The van der Waals surface area contributed by atoms with Crippen molar-refractivity contribution in [3.63, 3.8) is 0 Å². The summed E-state index contributed by atoms with van der Waals surface area (Å²) < 4.78 is 11.3. The van der Waals surface area contributed by atoms with Crippen LogP contribution in [0.15, 0.2) is 70.3 Å². The molecule has 7 nitrogen and oxygen atoms in total. The summed E-state index contributed by atoms with van der Waals surface area (Å²) in [6.45, 7) is 3.37. The first-order chi connectivity index (χ1) is 15.4. The monoisotopic (exact) mass is 434 g/mol. The van der Waals surface area contributed by atoms with Crippen LogP contribution >= 0.6 is 0 Å². The summed E-state index contributed by atoms with van der Waals surface area (Å²) in [6.07, 6.45) is 0. The molecule has 0 radical (unpaired) electrons. The van der Waals surface area contributed by atoms with Crippen molar-refractivity contribution in [2.75, 3.05) is 33.8 Å². The van der Waals surface area contributed by atoms with Gasteiger partial charge in [-0.15, -0.1) is 0 Å². The van der Waals surface area contributed by atoms with E-state index < -0.39 is 23.5 Å². The number of amides is 1. The van der Waals surface area contributed by atoms with Crippen LogP contribution in [-0.4, -0.2) is 60.4 Å². The van der Waals surface area contributed by atoms with Gasteiger partial charge in [0.15, 0.2) is 11.5 Å². The van der Waals surface area contributed by atoms with E-state index in [1.807, 2.05) is 56.3 Å². The molecule has 0 saturated carbocycles. The van der Waals surface area contributed by atoms with E-state index in [0.29, 0.717) is 36.6 Å². The highest BCUT2D eigenvalue weighted by molar-refractivity contribution is 6.16. The van der Waals surface area contributed by atoms with Crippen LogP contribution in [0.1, 0.15) is 29.1 Å². The van der Waals surface area contributed by atoms with Gasteiger partial charge in [-0.25, -0.2) is 0 Å². The molecule has 3 aromatic rings. The van der Waals surface area contributed by atoms with Crippen LogP contribution < -0.4 is 4.74 Å². The summed E-state index contributed by atoms with van der Waals surface area (Å²) in [7, 11) is 3.81. The fourth-order valence-electron chi connectivity index (χ4n) is 3.91. The molecule has 0 aliphatic carbocycles. The van der Waals surface area contributed by atoms with Gasteiger partial charge >= 0.3 is 0 Å². The number of carbonyl (C=O) groups is 2. The minimum Gasteiger partial charge on any atom is -0.503 e. The third kappa shape index (κ3) is 3.99. The number of furan rings is 1. The standard InChI is InChI=1S/C25H26N2O5/c1-4-31-18-11-9-16(10-12-18)22-21(24(29)25(30)27(22)14-13-26(2)3)23(28)20-15-17-7-5-6-8-19(17)32-20/h5-12,15,22,29H,4,13-14H2,1-3H3/t22-/m1/s1. The van der Waals surface area contributed by atoms with Crippen LogP contribution in [0.4, 0.5) is 0 Å². The van der Waals surface area contributed by atoms with Crippen molar-refractivity contribution in [1.82, 2.24) is 9.80 Å². The Hall–Kier alpha value is -3.58. The van der Waals surface area contributed by atoms with Gasteiger partial charge in [0.2, 0.25) is 5.78 Å². The lowest BCUT2D eigenvalue weighted by atomic mass is 9.95. The smallest absolute Gasteiger partial charge is 0.290 e. The zero-order valence-electron chi connectivity index (χ0n) is 18.4. The predicted octanol–water partition coefficient (Wildman–Crippen LogP) is 3.97. The predicted molar refractivity (Wildman–Crippen MR) is 121 cm³/mol. The Labute approximate surface area is 186 Å². The first kappa shape index (κ1) is 21.6. The Morgan fingerprint density at radius 3 is 2.53 bits per heavy atom. The van der Waals surface area contributed by atoms with Crippen LogP contribution in [0.3, 0.4) is 0 Å². The second-order valence-corrected chi connectivity index (χ2v) is 7.95. The molecule has 0 fully saturated rings. The number of para-hydroxylation sites is 1. The topological polar surface area (TPSA) is 83.2 Å². The van der Waals surface area contributed by atoms with Crippen LogP contribution in [0, 0.1) is 0 Å². The first-order valence-electron chi connectivity index (χ1n) is 10.6. The highest BCUT2D eigenvalue weighted by Gasteiger charge is 2.44. The maximum atomic E-state index is 13.5. The summed E-state index contributed by atoms with van der Waals surface area (Å²) >= 11 is 0. The van der Waals surface area contributed by atoms with Gasteiger partial charge in [-0.1, -0.05) is 30.3 Å². The number of carbonyl (C=O) groups excluding carboxylic acids is 2. The highest BCUT2D eigenvalue weighted by Crippen LogP contribution is 2.39. The van der Waals surface area contributed by atoms with Gasteiger partial charge in [0.1, 0.15) is 11.3 Å². The molecule has 7 heteroatoms. The van der Waals surface area contributed by atoms with Crippen molar-refractivity contribution >= 4 is 22.7 Å². The van der Waals surface area contributed by atoms with Gasteiger partial charge in [0, 0.05) is 18.5 Å². The molecular formula is C25H26N2O5. The number of fused-ring (bicyclic) bond motifs is 1. The van der Waals surface area contributed by atoms with Gasteiger partial charge in [0.25, 0.3) is 5.91 Å². The number of likely N-dealkylation sites (N-methyl/N-ethyl adjacent to an activating group) is 1. The lowest BCUT2D eigenvalue weighted by molar-refractivity contribution is -0.129. The quantitative estimate of drug-likeness (QED) is 0.540. The molecule has 0 saturated heterocycles. The van der Waals surface area contributed by atoms with E-state index in [-0.39, 0.29) is 11.3 Å². The minimum atomic E-state index is -0.723. The zero-order valence-corrected chi connectivity index (χ0v) is 18.4. The third-order valence-corrected chi connectivity index (χ3v) is 5.49. The number of nitrogens with zero attached hydrogens (tertiary/aromatic N) is 2. The minimum absolute atomic E-state index is 0.0250. The van der Waals surface area contributed by atoms with E-state index in [2.05, 4.69) is 0 Å². The van der Waals surface area contributed by atoms with Crippen LogP contribution in [0.5, 0.6) is 5.75 Å². The van der Waals surface area contributed by atoms with E-state index in [0.717, 1.165) is 5.39 Å².